The summed E-state index contributed by atoms with van der Waals surface area (Å²) in [5, 5.41) is 0. The van der Waals surface area contributed by atoms with Crippen LogP contribution in [-0.2, 0) is 14.3 Å². The Morgan fingerprint density at radius 1 is 1.24 bits per heavy atom. The zero-order valence-electron chi connectivity index (χ0n) is 13.8. The van der Waals surface area contributed by atoms with Crippen molar-refractivity contribution in [1.29, 1.82) is 0 Å². The van der Waals surface area contributed by atoms with E-state index < -0.39 is 0 Å². The van der Waals surface area contributed by atoms with Crippen LogP contribution in [0.2, 0.25) is 0 Å². The van der Waals surface area contributed by atoms with Crippen molar-refractivity contribution < 1.29 is 14.3 Å². The summed E-state index contributed by atoms with van der Waals surface area (Å²) in [6.45, 7) is 2.99. The number of morpholine rings is 1. The molecule has 7 heteroatoms. The molecule has 0 bridgehead atoms. The van der Waals surface area contributed by atoms with Gasteiger partial charge in [0.25, 0.3) is 5.91 Å². The van der Waals surface area contributed by atoms with E-state index in [9.17, 15) is 9.59 Å². The largest absolute Gasteiger partial charge is 0.378 e. The average Bonchev–Trinajstić information content (AvgIpc) is 2.90. The smallest absolute Gasteiger partial charge is 0.266 e. The molecule has 0 radical (unpaired) electrons. The summed E-state index contributed by atoms with van der Waals surface area (Å²) in [5.41, 5.74) is 0.977. The molecule has 0 N–H and O–H groups in total. The van der Waals surface area contributed by atoms with E-state index in [0.29, 0.717) is 54.9 Å². The molecule has 2 aliphatic heterocycles. The fourth-order valence-electron chi connectivity index (χ4n) is 2.75. The number of benzene rings is 1. The maximum absolute atomic E-state index is 12.5. The molecule has 0 saturated carbocycles. The number of thioether (sulfide) groups is 1. The third-order valence-electron chi connectivity index (χ3n) is 4.11. The number of rotatable bonds is 5. The first kappa shape index (κ1) is 18.1. The van der Waals surface area contributed by atoms with Crippen LogP contribution in [0.3, 0.4) is 0 Å². The van der Waals surface area contributed by atoms with Gasteiger partial charge >= 0.3 is 0 Å². The van der Waals surface area contributed by atoms with Crippen molar-refractivity contribution >= 4 is 46.2 Å². The Bertz CT molecular complexity index is 685. The minimum Gasteiger partial charge on any atom is -0.378 e. The predicted octanol–water partition coefficient (Wildman–Crippen LogP) is 2.53. The van der Waals surface area contributed by atoms with Crippen LogP contribution in [0, 0.1) is 0 Å². The second-order valence-corrected chi connectivity index (χ2v) is 7.52. The highest BCUT2D eigenvalue weighted by Crippen LogP contribution is 2.32. The van der Waals surface area contributed by atoms with Gasteiger partial charge in [-0.25, -0.2) is 0 Å². The molecule has 0 spiro atoms. The predicted molar refractivity (Wildman–Crippen MR) is 103 cm³/mol. The van der Waals surface area contributed by atoms with E-state index in [-0.39, 0.29) is 11.8 Å². The first-order valence-electron chi connectivity index (χ1n) is 8.31. The van der Waals surface area contributed by atoms with E-state index >= 15 is 0 Å². The topological polar surface area (TPSA) is 49.9 Å². The lowest BCUT2D eigenvalue weighted by Gasteiger charge is -2.27. The SMILES string of the molecule is O=C(CCCN1C(=O)/C(=C/c2ccccc2)SC1=S)N1CCOCC1. The number of hydrogen-bond donors (Lipinski definition) is 0. The third-order valence-corrected chi connectivity index (χ3v) is 5.48. The Morgan fingerprint density at radius 2 is 1.96 bits per heavy atom. The number of thiocarbonyl (C=S) groups is 1. The minimum absolute atomic E-state index is 0.0716. The Hall–Kier alpha value is -1.70. The molecule has 25 heavy (non-hydrogen) atoms. The second-order valence-electron chi connectivity index (χ2n) is 5.84. The first-order chi connectivity index (χ1) is 12.1. The lowest BCUT2D eigenvalue weighted by atomic mass is 10.2. The highest BCUT2D eigenvalue weighted by molar-refractivity contribution is 8.26. The van der Waals surface area contributed by atoms with Gasteiger partial charge in [-0.2, -0.15) is 0 Å². The third kappa shape index (κ3) is 4.68. The van der Waals surface area contributed by atoms with E-state index in [2.05, 4.69) is 0 Å². The van der Waals surface area contributed by atoms with Gasteiger partial charge in [0.2, 0.25) is 5.91 Å². The number of hydrogen-bond acceptors (Lipinski definition) is 5. The fourth-order valence-corrected chi connectivity index (χ4v) is 4.06. The second kappa shape index (κ2) is 8.60. The summed E-state index contributed by atoms with van der Waals surface area (Å²) in [4.78, 5) is 28.7. The molecule has 5 nitrogen and oxygen atoms in total. The average molecular weight is 377 g/mol. The normalized spacial score (nSPS) is 19.8. The molecule has 2 saturated heterocycles. The van der Waals surface area contributed by atoms with Crippen molar-refractivity contribution in [2.24, 2.45) is 0 Å². The molecule has 2 heterocycles. The standard InChI is InChI=1S/C18H20N2O3S2/c21-16(19-9-11-23-12-10-19)7-4-8-20-17(22)15(25-18(20)24)13-14-5-2-1-3-6-14/h1-3,5-6,13H,4,7-12H2/b15-13-. The molecule has 3 rings (SSSR count). The van der Waals surface area contributed by atoms with E-state index in [1.54, 1.807) is 4.90 Å². The molecule has 0 aliphatic carbocycles. The van der Waals surface area contributed by atoms with Gasteiger partial charge in [-0.15, -0.1) is 0 Å². The van der Waals surface area contributed by atoms with E-state index in [1.165, 1.54) is 11.8 Å². The molecule has 2 fully saturated rings. The van der Waals surface area contributed by atoms with Crippen LogP contribution in [0.15, 0.2) is 35.2 Å². The van der Waals surface area contributed by atoms with Gasteiger partial charge in [0.15, 0.2) is 0 Å². The summed E-state index contributed by atoms with van der Waals surface area (Å²) in [6.07, 6.45) is 2.90. The summed E-state index contributed by atoms with van der Waals surface area (Å²) < 4.78 is 5.81. The van der Waals surface area contributed by atoms with Crippen LogP contribution in [0.1, 0.15) is 18.4 Å². The number of carbonyl (C=O) groups excluding carboxylic acids is 2. The molecule has 0 unspecified atom stereocenters. The molecule has 2 amide bonds. The minimum atomic E-state index is -0.0716. The van der Waals surface area contributed by atoms with Gasteiger partial charge in [0.1, 0.15) is 4.32 Å². The van der Waals surface area contributed by atoms with Crippen LogP contribution in [-0.4, -0.2) is 58.8 Å². The molecule has 1 aromatic rings. The van der Waals surface area contributed by atoms with Gasteiger partial charge < -0.3 is 9.64 Å². The summed E-state index contributed by atoms with van der Waals surface area (Å²) in [5.74, 6) is 0.0474. The Kier molecular flexibility index (Phi) is 6.23. The van der Waals surface area contributed by atoms with E-state index in [4.69, 9.17) is 17.0 Å². The lowest BCUT2D eigenvalue weighted by Crippen LogP contribution is -2.41. The summed E-state index contributed by atoms with van der Waals surface area (Å²) >= 11 is 6.65. The number of carbonyl (C=O) groups is 2. The fraction of sp³-hybridized carbons (Fsp3) is 0.389. The Balaban J connectivity index is 1.52. The van der Waals surface area contributed by atoms with Crippen molar-refractivity contribution in [3.63, 3.8) is 0 Å². The van der Waals surface area contributed by atoms with Crippen molar-refractivity contribution in [1.82, 2.24) is 9.80 Å². The van der Waals surface area contributed by atoms with Gasteiger partial charge in [-0.1, -0.05) is 54.3 Å². The molecule has 1 aromatic carbocycles. The maximum atomic E-state index is 12.5. The Morgan fingerprint density at radius 3 is 2.68 bits per heavy atom. The lowest BCUT2D eigenvalue weighted by molar-refractivity contribution is -0.135. The molecule has 0 aromatic heterocycles. The monoisotopic (exact) mass is 376 g/mol. The summed E-state index contributed by atoms with van der Waals surface area (Å²) in [7, 11) is 0. The van der Waals surface area contributed by atoms with Crippen LogP contribution in [0.25, 0.3) is 6.08 Å². The summed E-state index contributed by atoms with van der Waals surface area (Å²) in [6, 6.07) is 9.71. The van der Waals surface area contributed by atoms with Gasteiger partial charge in [-0.05, 0) is 18.1 Å². The number of ether oxygens (including phenoxy) is 1. The van der Waals surface area contributed by atoms with Gasteiger partial charge in [0, 0.05) is 26.1 Å². The highest BCUT2D eigenvalue weighted by Gasteiger charge is 2.31. The van der Waals surface area contributed by atoms with Crippen LogP contribution < -0.4 is 0 Å². The maximum Gasteiger partial charge on any atom is 0.266 e. The van der Waals surface area contributed by atoms with Crippen LogP contribution in [0.4, 0.5) is 0 Å². The van der Waals surface area contributed by atoms with Crippen molar-refractivity contribution in [2.75, 3.05) is 32.8 Å². The first-order valence-corrected chi connectivity index (χ1v) is 9.53. The highest BCUT2D eigenvalue weighted by atomic mass is 32.2. The molecular weight excluding hydrogens is 356 g/mol. The van der Waals surface area contributed by atoms with Crippen LogP contribution >= 0.6 is 24.0 Å². The molecule has 2 aliphatic rings. The zero-order chi connectivity index (χ0) is 17.6. The molecular formula is C18H20N2O3S2. The van der Waals surface area contributed by atoms with Crippen molar-refractivity contribution in [3.05, 3.63) is 40.8 Å². The van der Waals surface area contributed by atoms with E-state index in [0.717, 1.165) is 5.56 Å². The van der Waals surface area contributed by atoms with Crippen molar-refractivity contribution in [2.45, 2.75) is 12.8 Å². The Labute approximate surface area is 157 Å². The van der Waals surface area contributed by atoms with Gasteiger partial charge in [0.05, 0.1) is 18.1 Å². The quantitative estimate of drug-likeness (QED) is 0.584. The van der Waals surface area contributed by atoms with Crippen molar-refractivity contribution in [3.8, 4) is 0 Å². The molecule has 0 atom stereocenters. The molecule has 132 valence electrons. The van der Waals surface area contributed by atoms with E-state index in [1.807, 2.05) is 41.3 Å². The number of amides is 2. The zero-order valence-corrected chi connectivity index (χ0v) is 15.5. The van der Waals surface area contributed by atoms with Gasteiger partial charge in [-0.3, -0.25) is 14.5 Å². The number of nitrogens with zero attached hydrogens (tertiary/aromatic N) is 2. The van der Waals surface area contributed by atoms with Crippen LogP contribution in [0.5, 0.6) is 0 Å².